The summed E-state index contributed by atoms with van der Waals surface area (Å²) >= 11 is 0. The molecule has 0 radical (unpaired) electrons. The third kappa shape index (κ3) is 9.81. The maximum atomic E-state index is 10.9. The van der Waals surface area contributed by atoms with Gasteiger partial charge < -0.3 is 16.2 Å². The van der Waals surface area contributed by atoms with Crippen molar-refractivity contribution in [2.45, 2.75) is 57.9 Å². The number of unbranched alkanes of at least 4 members (excludes halogenated alkanes) is 4. The zero-order valence-electron chi connectivity index (χ0n) is 10.6. The summed E-state index contributed by atoms with van der Waals surface area (Å²) in [6, 6.07) is -0.659. The number of hydrogen-bond donors (Lipinski definition) is 3. The van der Waals surface area contributed by atoms with Gasteiger partial charge in [0.15, 0.2) is 0 Å². The predicted octanol–water partition coefficient (Wildman–Crippen LogP) is 1.27. The van der Waals surface area contributed by atoms with Crippen LogP contribution in [0.4, 0.5) is 0 Å². The van der Waals surface area contributed by atoms with Crippen LogP contribution in [0, 0.1) is 0 Å². The molecule has 0 saturated carbocycles. The molecule has 0 unspecified atom stereocenters. The van der Waals surface area contributed by atoms with Crippen molar-refractivity contribution in [3.05, 3.63) is 0 Å². The number of carbonyl (C=O) groups is 2. The zero-order chi connectivity index (χ0) is 13.1. The summed E-state index contributed by atoms with van der Waals surface area (Å²) in [5.41, 5.74) is 4.99. The molecule has 0 heterocycles. The number of aliphatic carboxylic acids is 1. The van der Waals surface area contributed by atoms with Crippen molar-refractivity contribution in [1.82, 2.24) is 5.32 Å². The Hall–Kier alpha value is -1.10. The molecule has 100 valence electrons. The van der Waals surface area contributed by atoms with Gasteiger partial charge in [0.2, 0.25) is 5.91 Å². The lowest BCUT2D eigenvalue weighted by molar-refractivity contribution is -0.139. The predicted molar refractivity (Wildman–Crippen MR) is 66.6 cm³/mol. The molecular weight excluding hydrogens is 220 g/mol. The molecule has 4 N–H and O–H groups in total. The molecule has 0 aromatic rings. The summed E-state index contributed by atoms with van der Waals surface area (Å²) in [4.78, 5) is 21.4. The number of rotatable bonds is 11. The van der Waals surface area contributed by atoms with Gasteiger partial charge in [-0.05, 0) is 19.4 Å². The van der Waals surface area contributed by atoms with E-state index in [9.17, 15) is 9.59 Å². The van der Waals surface area contributed by atoms with E-state index in [4.69, 9.17) is 10.8 Å². The first-order chi connectivity index (χ1) is 8.07. The molecule has 0 spiro atoms. The fraction of sp³-hybridized carbons (Fsp3) is 0.833. The fourth-order valence-corrected chi connectivity index (χ4v) is 1.60. The van der Waals surface area contributed by atoms with Crippen LogP contribution in [0.25, 0.3) is 0 Å². The van der Waals surface area contributed by atoms with E-state index >= 15 is 0 Å². The van der Waals surface area contributed by atoms with Crippen molar-refractivity contribution in [2.24, 2.45) is 5.73 Å². The molecule has 0 rings (SSSR count). The Morgan fingerprint density at radius 2 is 1.88 bits per heavy atom. The number of carbonyl (C=O) groups excluding carboxylic acids is 1. The molecule has 17 heavy (non-hydrogen) atoms. The van der Waals surface area contributed by atoms with Gasteiger partial charge in [-0.2, -0.15) is 0 Å². The van der Waals surface area contributed by atoms with Crippen LogP contribution in [-0.2, 0) is 9.59 Å². The van der Waals surface area contributed by atoms with Gasteiger partial charge in [0.05, 0.1) is 0 Å². The minimum atomic E-state index is -0.917. The van der Waals surface area contributed by atoms with E-state index in [0.717, 1.165) is 12.8 Å². The maximum Gasteiger partial charge on any atom is 0.320 e. The van der Waals surface area contributed by atoms with Crippen molar-refractivity contribution >= 4 is 11.9 Å². The molecule has 1 amide bonds. The molecule has 0 bridgehead atoms. The summed E-state index contributed by atoms with van der Waals surface area (Å²) in [7, 11) is 0. The number of nitrogens with two attached hydrogens (primary N) is 1. The van der Waals surface area contributed by atoms with E-state index < -0.39 is 17.9 Å². The van der Waals surface area contributed by atoms with Crippen molar-refractivity contribution in [1.29, 1.82) is 0 Å². The van der Waals surface area contributed by atoms with Crippen LogP contribution >= 0.6 is 0 Å². The number of carboxylic acid groups (broad SMARTS) is 1. The summed E-state index contributed by atoms with van der Waals surface area (Å²) < 4.78 is 0. The standard InChI is InChI=1S/C12H24N2O3/c1-2-3-4-5-6-9-14-10(12(16)17)7-8-11(13)15/h10,14H,2-9H2,1H3,(H2,13,15)(H,16,17)/t10-/m0/s1. The topological polar surface area (TPSA) is 92.4 Å². The number of carboxylic acids is 1. The van der Waals surface area contributed by atoms with Crippen molar-refractivity contribution < 1.29 is 14.7 Å². The zero-order valence-corrected chi connectivity index (χ0v) is 10.6. The van der Waals surface area contributed by atoms with E-state index in [1.54, 1.807) is 0 Å². The Bertz CT molecular complexity index is 232. The highest BCUT2D eigenvalue weighted by atomic mass is 16.4. The third-order valence-corrected chi connectivity index (χ3v) is 2.65. The smallest absolute Gasteiger partial charge is 0.320 e. The highest BCUT2D eigenvalue weighted by Crippen LogP contribution is 2.02. The highest BCUT2D eigenvalue weighted by molar-refractivity contribution is 5.77. The Balaban J connectivity index is 3.63. The number of nitrogens with one attached hydrogen (secondary N) is 1. The van der Waals surface area contributed by atoms with Gasteiger partial charge >= 0.3 is 5.97 Å². The van der Waals surface area contributed by atoms with Gasteiger partial charge in [0.1, 0.15) is 6.04 Å². The van der Waals surface area contributed by atoms with Crippen LogP contribution in [-0.4, -0.2) is 29.6 Å². The van der Waals surface area contributed by atoms with Crippen LogP contribution < -0.4 is 11.1 Å². The minimum Gasteiger partial charge on any atom is -0.480 e. The monoisotopic (exact) mass is 244 g/mol. The third-order valence-electron chi connectivity index (χ3n) is 2.65. The molecule has 5 heteroatoms. The summed E-state index contributed by atoms with van der Waals surface area (Å²) in [6.45, 7) is 2.84. The largest absolute Gasteiger partial charge is 0.480 e. The number of amides is 1. The Morgan fingerprint density at radius 1 is 1.24 bits per heavy atom. The average molecular weight is 244 g/mol. The van der Waals surface area contributed by atoms with E-state index in [-0.39, 0.29) is 12.8 Å². The lowest BCUT2D eigenvalue weighted by Gasteiger charge is -2.13. The van der Waals surface area contributed by atoms with E-state index in [2.05, 4.69) is 12.2 Å². The van der Waals surface area contributed by atoms with Gasteiger partial charge in [0, 0.05) is 6.42 Å². The van der Waals surface area contributed by atoms with E-state index in [1.165, 1.54) is 19.3 Å². The second-order valence-corrected chi connectivity index (χ2v) is 4.26. The van der Waals surface area contributed by atoms with E-state index in [1.807, 2.05) is 0 Å². The van der Waals surface area contributed by atoms with Crippen LogP contribution in [0.3, 0.4) is 0 Å². The molecule has 0 saturated heterocycles. The molecular formula is C12H24N2O3. The Morgan fingerprint density at radius 3 is 2.41 bits per heavy atom. The van der Waals surface area contributed by atoms with Gasteiger partial charge in [-0.1, -0.05) is 32.6 Å². The Kier molecular flexibility index (Phi) is 9.43. The molecule has 1 atom stereocenters. The van der Waals surface area contributed by atoms with Crippen molar-refractivity contribution in [3.63, 3.8) is 0 Å². The lowest BCUT2D eigenvalue weighted by atomic mass is 10.1. The summed E-state index contributed by atoms with van der Waals surface area (Å²) in [6.07, 6.45) is 6.08. The quantitative estimate of drug-likeness (QED) is 0.477. The molecule has 0 fully saturated rings. The van der Waals surface area contributed by atoms with Gasteiger partial charge in [-0.25, -0.2) is 0 Å². The SMILES string of the molecule is CCCCCCCN[C@@H](CCC(N)=O)C(=O)O. The maximum absolute atomic E-state index is 10.9. The molecule has 0 aliphatic rings. The Labute approximate surface area is 103 Å². The minimum absolute atomic E-state index is 0.111. The summed E-state index contributed by atoms with van der Waals surface area (Å²) in [5.74, 6) is -1.37. The first-order valence-corrected chi connectivity index (χ1v) is 6.32. The van der Waals surface area contributed by atoms with Gasteiger partial charge in [0.25, 0.3) is 0 Å². The lowest BCUT2D eigenvalue weighted by Crippen LogP contribution is -2.38. The fourth-order valence-electron chi connectivity index (χ4n) is 1.60. The normalized spacial score (nSPS) is 12.3. The average Bonchev–Trinajstić information content (AvgIpc) is 2.26. The highest BCUT2D eigenvalue weighted by Gasteiger charge is 2.16. The number of primary amides is 1. The second-order valence-electron chi connectivity index (χ2n) is 4.26. The number of hydrogen-bond acceptors (Lipinski definition) is 3. The van der Waals surface area contributed by atoms with Crippen molar-refractivity contribution in [2.75, 3.05) is 6.54 Å². The van der Waals surface area contributed by atoms with Gasteiger partial charge in [-0.3, -0.25) is 9.59 Å². The first-order valence-electron chi connectivity index (χ1n) is 6.32. The molecule has 0 aromatic heterocycles. The van der Waals surface area contributed by atoms with Crippen LogP contribution in [0.5, 0.6) is 0 Å². The van der Waals surface area contributed by atoms with E-state index in [0.29, 0.717) is 6.54 Å². The van der Waals surface area contributed by atoms with Crippen molar-refractivity contribution in [3.8, 4) is 0 Å². The van der Waals surface area contributed by atoms with Gasteiger partial charge in [-0.15, -0.1) is 0 Å². The first kappa shape index (κ1) is 15.9. The second kappa shape index (κ2) is 10.1. The molecule has 5 nitrogen and oxygen atoms in total. The summed E-state index contributed by atoms with van der Waals surface area (Å²) in [5, 5.41) is 11.9. The van der Waals surface area contributed by atoms with Crippen LogP contribution in [0.2, 0.25) is 0 Å². The van der Waals surface area contributed by atoms with Crippen LogP contribution in [0.15, 0.2) is 0 Å². The van der Waals surface area contributed by atoms with Crippen LogP contribution in [0.1, 0.15) is 51.9 Å². The molecule has 0 aliphatic heterocycles. The molecule has 0 aliphatic carbocycles. The molecule has 0 aromatic carbocycles.